The Morgan fingerprint density at radius 3 is 2.57 bits per heavy atom. The monoisotopic (exact) mass is 350 g/mol. The summed E-state index contributed by atoms with van der Waals surface area (Å²) in [6, 6.07) is 3.35. The van der Waals surface area contributed by atoms with Gasteiger partial charge in [0.25, 0.3) is 0 Å². The van der Waals surface area contributed by atoms with Crippen LogP contribution in [0.5, 0.6) is 0 Å². The maximum Gasteiger partial charge on any atom is 0.416 e. The Morgan fingerprint density at radius 1 is 1.35 bits per heavy atom. The Hall–Kier alpha value is -1.27. The summed E-state index contributed by atoms with van der Waals surface area (Å²) in [5.74, 6) is -0.678. The van der Waals surface area contributed by atoms with E-state index in [9.17, 15) is 18.0 Å². The quantitative estimate of drug-likeness (QED) is 0.836. The maximum absolute atomic E-state index is 12.8. The summed E-state index contributed by atoms with van der Waals surface area (Å²) in [6.45, 7) is 3.49. The molecule has 3 nitrogen and oxygen atoms in total. The first-order chi connectivity index (χ1) is 10.1. The van der Waals surface area contributed by atoms with Crippen LogP contribution >= 0.6 is 12.4 Å². The first-order valence-electron chi connectivity index (χ1n) is 7.39. The Kier molecular flexibility index (Phi) is 6.10. The van der Waals surface area contributed by atoms with Crippen molar-refractivity contribution in [3.63, 3.8) is 0 Å². The number of nitrogens with two attached hydrogens (primary N) is 1. The van der Waals surface area contributed by atoms with Gasteiger partial charge in [0.05, 0.1) is 11.5 Å². The molecule has 2 unspecified atom stereocenters. The molecule has 0 aliphatic heterocycles. The number of hydrogen-bond acceptors (Lipinski definition) is 2. The molecule has 0 bridgehead atoms. The third-order valence-electron chi connectivity index (χ3n) is 4.39. The molecule has 3 N–H and O–H groups in total. The van der Waals surface area contributed by atoms with Crippen LogP contribution in [0.2, 0.25) is 0 Å². The fourth-order valence-corrected chi connectivity index (χ4v) is 2.94. The van der Waals surface area contributed by atoms with E-state index in [0.29, 0.717) is 12.0 Å². The lowest BCUT2D eigenvalue weighted by Gasteiger charge is -2.37. The minimum Gasteiger partial charge on any atom is -0.326 e. The summed E-state index contributed by atoms with van der Waals surface area (Å²) in [6.07, 6.45) is -1.14. The molecule has 130 valence electrons. The number of amides is 1. The molecule has 1 aromatic carbocycles. The predicted octanol–water partition coefficient (Wildman–Crippen LogP) is 4.28. The molecule has 0 spiro atoms. The van der Waals surface area contributed by atoms with Crippen LogP contribution in [0.3, 0.4) is 0 Å². The first kappa shape index (κ1) is 19.8. The number of carbonyl (C=O) groups excluding carboxylic acids is 1. The second-order valence-electron chi connectivity index (χ2n) is 6.32. The van der Waals surface area contributed by atoms with Gasteiger partial charge in [0.15, 0.2) is 0 Å². The van der Waals surface area contributed by atoms with E-state index in [1.54, 1.807) is 6.92 Å². The Morgan fingerprint density at radius 2 is 2.00 bits per heavy atom. The second kappa shape index (κ2) is 7.09. The van der Waals surface area contributed by atoms with Crippen LogP contribution in [0.25, 0.3) is 0 Å². The fourth-order valence-electron chi connectivity index (χ4n) is 2.94. The van der Waals surface area contributed by atoms with Crippen molar-refractivity contribution < 1.29 is 18.0 Å². The highest BCUT2D eigenvalue weighted by Crippen LogP contribution is 2.34. The van der Waals surface area contributed by atoms with Crippen molar-refractivity contribution in [1.29, 1.82) is 0 Å². The number of nitrogens with one attached hydrogen (secondary N) is 1. The van der Waals surface area contributed by atoms with Crippen LogP contribution in [0.4, 0.5) is 18.9 Å². The average molecular weight is 351 g/mol. The molecule has 2 rings (SSSR count). The Balaban J connectivity index is 0.00000264. The molecular weight excluding hydrogens is 329 g/mol. The topological polar surface area (TPSA) is 55.1 Å². The van der Waals surface area contributed by atoms with E-state index in [-0.39, 0.29) is 29.9 Å². The lowest BCUT2D eigenvalue weighted by molar-refractivity contribution is -0.137. The molecule has 7 heteroatoms. The number of carbonyl (C=O) groups is 1. The fraction of sp³-hybridized carbons (Fsp3) is 0.562. The maximum atomic E-state index is 12.8. The molecule has 2 atom stereocenters. The number of alkyl halides is 3. The van der Waals surface area contributed by atoms with E-state index < -0.39 is 17.3 Å². The summed E-state index contributed by atoms with van der Waals surface area (Å²) in [5.41, 5.74) is 5.58. The molecule has 1 aliphatic rings. The highest BCUT2D eigenvalue weighted by molar-refractivity contribution is 5.94. The van der Waals surface area contributed by atoms with Crippen LogP contribution < -0.4 is 11.1 Å². The number of hydrogen-bond donors (Lipinski definition) is 2. The molecule has 1 aromatic rings. The second-order valence-corrected chi connectivity index (χ2v) is 6.32. The van der Waals surface area contributed by atoms with Gasteiger partial charge in [-0.2, -0.15) is 13.2 Å². The van der Waals surface area contributed by atoms with Crippen LogP contribution in [-0.4, -0.2) is 11.4 Å². The zero-order valence-electron chi connectivity index (χ0n) is 13.2. The van der Waals surface area contributed by atoms with Gasteiger partial charge in [-0.05, 0) is 44.4 Å². The van der Waals surface area contributed by atoms with Crippen molar-refractivity contribution in [2.75, 3.05) is 5.32 Å². The molecule has 1 aliphatic carbocycles. The van der Waals surface area contributed by atoms with Crippen molar-refractivity contribution in [2.45, 2.75) is 51.2 Å². The van der Waals surface area contributed by atoms with Gasteiger partial charge in [-0.25, -0.2) is 0 Å². The number of aryl methyl sites for hydroxylation is 1. The largest absolute Gasteiger partial charge is 0.416 e. The van der Waals surface area contributed by atoms with Crippen LogP contribution in [0.15, 0.2) is 18.2 Å². The molecule has 1 amide bonds. The minimum absolute atomic E-state index is 0. The van der Waals surface area contributed by atoms with E-state index in [4.69, 9.17) is 5.73 Å². The van der Waals surface area contributed by atoms with Crippen LogP contribution in [0, 0.1) is 12.8 Å². The molecule has 0 aromatic heterocycles. The van der Waals surface area contributed by atoms with Gasteiger partial charge in [0.2, 0.25) is 5.91 Å². The molecule has 0 heterocycles. The van der Waals surface area contributed by atoms with Crippen LogP contribution in [0.1, 0.15) is 43.7 Å². The SMILES string of the molecule is Cc1ccc(C(F)(F)F)cc1NC(=O)C1CCCCC1(C)N.Cl. The van der Waals surface area contributed by atoms with Crippen molar-refractivity contribution in [3.05, 3.63) is 29.3 Å². The van der Waals surface area contributed by atoms with Gasteiger partial charge in [0.1, 0.15) is 0 Å². The highest BCUT2D eigenvalue weighted by atomic mass is 35.5. The lowest BCUT2D eigenvalue weighted by atomic mass is 9.74. The van der Waals surface area contributed by atoms with E-state index in [1.807, 2.05) is 6.92 Å². The molecule has 23 heavy (non-hydrogen) atoms. The molecular formula is C16H22ClF3N2O. The zero-order chi connectivity index (χ0) is 16.5. The minimum atomic E-state index is -4.43. The first-order valence-corrected chi connectivity index (χ1v) is 7.39. The van der Waals surface area contributed by atoms with Crippen LogP contribution in [-0.2, 0) is 11.0 Å². The summed E-state index contributed by atoms with van der Waals surface area (Å²) >= 11 is 0. The highest BCUT2D eigenvalue weighted by Gasteiger charge is 2.38. The predicted molar refractivity (Wildman–Crippen MR) is 86.6 cm³/mol. The zero-order valence-corrected chi connectivity index (χ0v) is 14.0. The van der Waals surface area contributed by atoms with E-state index in [1.165, 1.54) is 6.07 Å². The summed E-state index contributed by atoms with van der Waals surface area (Å²) < 4.78 is 38.3. The number of halogens is 4. The van der Waals surface area contributed by atoms with Gasteiger partial charge in [0, 0.05) is 11.2 Å². The third-order valence-corrected chi connectivity index (χ3v) is 4.39. The van der Waals surface area contributed by atoms with Gasteiger partial charge >= 0.3 is 6.18 Å². The molecule has 0 radical (unpaired) electrons. The van der Waals surface area contributed by atoms with Gasteiger partial charge in [-0.1, -0.05) is 18.9 Å². The lowest BCUT2D eigenvalue weighted by Crippen LogP contribution is -2.51. The average Bonchev–Trinajstić information content (AvgIpc) is 2.39. The smallest absolute Gasteiger partial charge is 0.326 e. The van der Waals surface area contributed by atoms with Gasteiger partial charge < -0.3 is 11.1 Å². The number of benzene rings is 1. The van der Waals surface area contributed by atoms with Gasteiger partial charge in [-0.15, -0.1) is 12.4 Å². The summed E-state index contributed by atoms with van der Waals surface area (Å²) in [7, 11) is 0. The van der Waals surface area contributed by atoms with E-state index >= 15 is 0 Å². The molecule has 1 saturated carbocycles. The Bertz CT molecular complexity index is 573. The van der Waals surface area contributed by atoms with Crippen molar-refractivity contribution in [1.82, 2.24) is 0 Å². The van der Waals surface area contributed by atoms with Crippen molar-refractivity contribution in [3.8, 4) is 0 Å². The van der Waals surface area contributed by atoms with Crippen molar-refractivity contribution >= 4 is 24.0 Å². The van der Waals surface area contributed by atoms with E-state index in [0.717, 1.165) is 31.4 Å². The summed E-state index contributed by atoms with van der Waals surface area (Å²) in [5, 5.41) is 2.63. The molecule has 1 fully saturated rings. The van der Waals surface area contributed by atoms with E-state index in [2.05, 4.69) is 5.32 Å². The number of rotatable bonds is 2. The number of anilines is 1. The third kappa shape index (κ3) is 4.61. The standard InChI is InChI=1S/C16H21F3N2O.ClH/c1-10-6-7-11(16(17,18)19)9-13(10)21-14(22)12-5-3-4-8-15(12,2)20;/h6-7,9,12H,3-5,8,20H2,1-2H3,(H,21,22);1H. The van der Waals surface area contributed by atoms with Gasteiger partial charge in [-0.3, -0.25) is 4.79 Å². The summed E-state index contributed by atoms with van der Waals surface area (Å²) in [4.78, 5) is 12.4. The Labute approximate surface area is 140 Å². The normalized spacial score (nSPS) is 24.7. The molecule has 0 saturated heterocycles. The van der Waals surface area contributed by atoms with Crippen molar-refractivity contribution in [2.24, 2.45) is 11.7 Å².